The highest BCUT2D eigenvalue weighted by molar-refractivity contribution is 6.26. The number of hydrogen-bond acceptors (Lipinski definition) is 8. The Bertz CT molecular complexity index is 746. The van der Waals surface area contributed by atoms with Crippen LogP contribution in [0.15, 0.2) is 24.3 Å². The molecule has 0 fully saturated rings. The summed E-state index contributed by atoms with van der Waals surface area (Å²) in [5.41, 5.74) is 0. The smallest absolute Gasteiger partial charge is 0.321 e. The molecule has 0 radical (unpaired) electrons. The maximum atomic E-state index is 12.0. The van der Waals surface area contributed by atoms with Gasteiger partial charge in [0, 0.05) is 12.8 Å². The van der Waals surface area contributed by atoms with Crippen molar-refractivity contribution < 1.29 is 38.9 Å². The highest BCUT2D eigenvalue weighted by Crippen LogP contribution is 2.16. The minimum atomic E-state index is -0.903. The number of ether oxygens (including phenoxy) is 2. The van der Waals surface area contributed by atoms with E-state index in [-0.39, 0.29) is 55.9 Å². The van der Waals surface area contributed by atoms with Crippen molar-refractivity contribution in [3.8, 4) is 0 Å². The number of aliphatic hydroxyl groups is 2. The van der Waals surface area contributed by atoms with Crippen LogP contribution in [-0.4, -0.2) is 76.8 Å². The minimum Gasteiger partial charge on any atom is -0.459 e. The second kappa shape index (κ2) is 25.6. The Hall–Kier alpha value is -2.14. The zero-order valence-electron chi connectivity index (χ0n) is 24.3. The predicted molar refractivity (Wildman–Crippen MR) is 159 cm³/mol. The molecule has 41 heavy (non-hydrogen) atoms. The van der Waals surface area contributed by atoms with Crippen molar-refractivity contribution in [3.05, 3.63) is 24.3 Å². The number of carbonyl (C=O) groups is 4. The number of aliphatic hydroxyl groups excluding tert-OH is 2. The summed E-state index contributed by atoms with van der Waals surface area (Å²) in [5, 5.41) is 25.9. The maximum absolute atomic E-state index is 12.0. The number of alkyl halides is 2. The predicted octanol–water partition coefficient (Wildman–Crippen LogP) is 4.03. The fraction of sp³-hybridized carbons (Fsp3) is 0.724. The van der Waals surface area contributed by atoms with Crippen LogP contribution < -0.4 is 10.6 Å². The van der Waals surface area contributed by atoms with Gasteiger partial charge in [-0.25, -0.2) is 0 Å². The van der Waals surface area contributed by atoms with Crippen molar-refractivity contribution in [3.63, 3.8) is 0 Å². The van der Waals surface area contributed by atoms with E-state index in [9.17, 15) is 29.4 Å². The summed E-state index contributed by atoms with van der Waals surface area (Å²) in [5.74, 6) is -2.36. The van der Waals surface area contributed by atoms with Crippen LogP contribution in [0.1, 0.15) is 90.9 Å². The van der Waals surface area contributed by atoms with Gasteiger partial charge in [-0.1, -0.05) is 63.8 Å². The fourth-order valence-electron chi connectivity index (χ4n) is 3.79. The third-order valence-corrected chi connectivity index (χ3v) is 6.53. The highest BCUT2D eigenvalue weighted by Gasteiger charge is 2.23. The molecule has 4 atom stereocenters. The van der Waals surface area contributed by atoms with E-state index < -0.39 is 36.4 Å². The van der Waals surface area contributed by atoms with Gasteiger partial charge in [0.25, 0.3) is 0 Å². The lowest BCUT2D eigenvalue weighted by molar-refractivity contribution is -0.153. The van der Waals surface area contributed by atoms with Crippen LogP contribution in [0.2, 0.25) is 0 Å². The van der Waals surface area contributed by atoms with Gasteiger partial charge in [-0.3, -0.25) is 19.2 Å². The van der Waals surface area contributed by atoms with Crippen LogP contribution in [0.4, 0.5) is 0 Å². The second-order valence-corrected chi connectivity index (χ2v) is 10.2. The molecule has 0 aliphatic rings. The molecule has 2 amide bonds. The zero-order chi connectivity index (χ0) is 30.9. The molecule has 0 aliphatic heterocycles. The first kappa shape index (κ1) is 38.9. The van der Waals surface area contributed by atoms with Crippen molar-refractivity contribution in [2.45, 2.75) is 115 Å². The van der Waals surface area contributed by atoms with Crippen LogP contribution in [0.25, 0.3) is 0 Å². The second-order valence-electron chi connectivity index (χ2n) is 9.65. The summed E-state index contributed by atoms with van der Waals surface area (Å²) >= 11 is 11.0. The lowest BCUT2D eigenvalue weighted by Crippen LogP contribution is -2.36. The lowest BCUT2D eigenvalue weighted by atomic mass is 10.0. The summed E-state index contributed by atoms with van der Waals surface area (Å²) in [6.07, 6.45) is 10.5. The molecule has 0 saturated carbocycles. The average molecular weight is 624 g/mol. The molecule has 0 aromatic carbocycles. The summed E-state index contributed by atoms with van der Waals surface area (Å²) in [6.45, 7) is 4.06. The summed E-state index contributed by atoms with van der Waals surface area (Å²) in [4.78, 5) is 47.1. The van der Waals surface area contributed by atoms with Crippen LogP contribution in [-0.2, 0) is 28.7 Å². The molecule has 0 saturated heterocycles. The first-order chi connectivity index (χ1) is 19.7. The molecule has 0 aromatic rings. The first-order valence-electron chi connectivity index (χ1n) is 14.4. The number of carbonyl (C=O) groups excluding carboxylic acids is 4. The van der Waals surface area contributed by atoms with Gasteiger partial charge in [0.2, 0.25) is 11.8 Å². The van der Waals surface area contributed by atoms with Gasteiger partial charge in [0.05, 0.1) is 18.9 Å². The molecule has 236 valence electrons. The van der Waals surface area contributed by atoms with Crippen LogP contribution >= 0.6 is 23.2 Å². The minimum absolute atomic E-state index is 0.0492. The SMILES string of the molecule is CCCCCC(OC(=O)CCl)C(O)C/C=C/CC(=O)NCNC(=O)C/C=C/CC(O)C(CCCCC)OC(=O)CCl. The molecule has 10 nitrogen and oxygen atoms in total. The molecule has 0 rings (SSSR count). The monoisotopic (exact) mass is 622 g/mol. The number of esters is 2. The molecule has 0 aliphatic carbocycles. The number of rotatable bonds is 24. The van der Waals surface area contributed by atoms with Gasteiger partial charge in [0.1, 0.15) is 24.0 Å². The summed E-state index contributed by atoms with van der Waals surface area (Å²) < 4.78 is 10.5. The number of halogens is 2. The molecule has 0 aromatic heterocycles. The quantitative estimate of drug-likeness (QED) is 0.0414. The molecule has 12 heteroatoms. The Balaban J connectivity index is 4.34. The molecule has 0 heterocycles. The zero-order valence-corrected chi connectivity index (χ0v) is 25.8. The van der Waals surface area contributed by atoms with E-state index in [0.717, 1.165) is 38.5 Å². The Morgan fingerprint density at radius 2 is 1.07 bits per heavy atom. The van der Waals surface area contributed by atoms with Gasteiger partial charge in [-0.05, 0) is 38.5 Å². The Labute approximate surface area is 254 Å². The van der Waals surface area contributed by atoms with Gasteiger partial charge >= 0.3 is 11.9 Å². The molecule has 4 unspecified atom stereocenters. The van der Waals surface area contributed by atoms with E-state index in [0.29, 0.717) is 12.8 Å². The van der Waals surface area contributed by atoms with Crippen LogP contribution in [0.3, 0.4) is 0 Å². The van der Waals surface area contributed by atoms with Crippen LogP contribution in [0.5, 0.6) is 0 Å². The van der Waals surface area contributed by atoms with Crippen molar-refractivity contribution in [1.29, 1.82) is 0 Å². The maximum Gasteiger partial charge on any atom is 0.321 e. The molecule has 0 spiro atoms. The number of nitrogens with one attached hydrogen (secondary N) is 2. The van der Waals surface area contributed by atoms with Crippen LogP contribution in [0, 0.1) is 0 Å². The van der Waals surface area contributed by atoms with Crippen molar-refractivity contribution in [2.75, 3.05) is 18.4 Å². The van der Waals surface area contributed by atoms with Crippen molar-refractivity contribution in [1.82, 2.24) is 10.6 Å². The standard InChI is InChI=1S/C29H48Cl2N2O8/c1-3-5-7-15-24(40-28(38)19-30)22(34)13-9-11-17-26(36)32-21-33-27(37)18-12-10-14-23(35)25(16-8-6-4-2)41-29(39)20-31/h9-12,22-25,34-35H,3-8,13-21H2,1-2H3,(H,32,36)(H,33,37)/b11-9+,12-10+. The number of amides is 2. The highest BCUT2D eigenvalue weighted by atomic mass is 35.5. The van der Waals surface area contributed by atoms with E-state index in [1.54, 1.807) is 24.3 Å². The van der Waals surface area contributed by atoms with Gasteiger partial charge < -0.3 is 30.3 Å². The average Bonchev–Trinajstić information content (AvgIpc) is 2.96. The molecule has 0 bridgehead atoms. The lowest BCUT2D eigenvalue weighted by Gasteiger charge is -2.22. The van der Waals surface area contributed by atoms with E-state index in [2.05, 4.69) is 24.5 Å². The van der Waals surface area contributed by atoms with Gasteiger partial charge in [-0.2, -0.15) is 0 Å². The third kappa shape index (κ3) is 21.3. The first-order valence-corrected chi connectivity index (χ1v) is 15.5. The molecule has 4 N–H and O–H groups in total. The number of unbranched alkanes of at least 4 members (excludes halogenated alkanes) is 4. The fourth-order valence-corrected chi connectivity index (χ4v) is 3.92. The molecular formula is C29H48Cl2N2O8. The Kier molecular flexibility index (Phi) is 24.2. The Morgan fingerprint density at radius 3 is 1.41 bits per heavy atom. The largest absolute Gasteiger partial charge is 0.459 e. The van der Waals surface area contributed by atoms with Crippen molar-refractivity contribution in [2.24, 2.45) is 0 Å². The van der Waals surface area contributed by atoms with E-state index in [1.165, 1.54) is 0 Å². The van der Waals surface area contributed by atoms with Gasteiger partial charge in [0.15, 0.2) is 0 Å². The number of hydrogen-bond donors (Lipinski definition) is 4. The van der Waals surface area contributed by atoms with Gasteiger partial charge in [-0.15, -0.1) is 23.2 Å². The Morgan fingerprint density at radius 1 is 0.683 bits per heavy atom. The normalized spacial score (nSPS) is 14.4. The van der Waals surface area contributed by atoms with Crippen molar-refractivity contribution >= 4 is 47.0 Å². The molecular weight excluding hydrogens is 575 g/mol. The summed E-state index contributed by atoms with van der Waals surface area (Å²) in [6, 6.07) is 0. The van der Waals surface area contributed by atoms with E-state index in [1.807, 2.05) is 0 Å². The summed E-state index contributed by atoms with van der Waals surface area (Å²) in [7, 11) is 0. The topological polar surface area (TPSA) is 151 Å². The van der Waals surface area contributed by atoms with E-state index in [4.69, 9.17) is 32.7 Å². The van der Waals surface area contributed by atoms with E-state index >= 15 is 0 Å². The third-order valence-electron chi connectivity index (χ3n) is 6.09.